The molecule has 0 atom stereocenters. The van der Waals surface area contributed by atoms with Crippen LogP contribution in [0.1, 0.15) is 79.6 Å². The summed E-state index contributed by atoms with van der Waals surface area (Å²) >= 11 is 0. The van der Waals surface area contributed by atoms with Crippen molar-refractivity contribution in [3.8, 4) is 17.4 Å². The maximum Gasteiger partial charge on any atom is 0.335 e. The lowest BCUT2D eigenvalue weighted by Gasteiger charge is -2.06. The molecule has 0 aliphatic rings. The fourth-order valence-electron chi connectivity index (χ4n) is 8.42. The number of hydrogen-bond acceptors (Lipinski definition) is 11. The van der Waals surface area contributed by atoms with Crippen LogP contribution in [-0.4, -0.2) is 79.5 Å². The van der Waals surface area contributed by atoms with E-state index in [1.165, 1.54) is 10.9 Å². The zero-order chi connectivity index (χ0) is 62.7. The van der Waals surface area contributed by atoms with E-state index < -0.39 is 29.8 Å². The van der Waals surface area contributed by atoms with Crippen molar-refractivity contribution in [3.05, 3.63) is 323 Å². The highest BCUT2D eigenvalue weighted by molar-refractivity contribution is 5.89. The van der Waals surface area contributed by atoms with E-state index in [1.807, 2.05) is 114 Å². The molecule has 4 aromatic heterocycles. The van der Waals surface area contributed by atoms with Crippen molar-refractivity contribution >= 4 is 51.8 Å². The van der Waals surface area contributed by atoms with Gasteiger partial charge in [-0.05, 0) is 148 Å². The highest BCUT2D eigenvalue weighted by atomic mass is 16.5. The summed E-state index contributed by atoms with van der Waals surface area (Å²) in [6, 6.07) is 70.5. The minimum Gasteiger partial charge on any atom is -0.489 e. The quantitative estimate of drug-likeness (QED) is 0.0535. The van der Waals surface area contributed by atoms with E-state index >= 15 is 0 Å². The normalized spacial score (nSPS) is 10.2. The molecule has 446 valence electrons. The monoisotopic (exact) mass is 1190 g/mol. The molecule has 8 aromatic carbocycles. The number of aromatic carboxylic acids is 5. The molecule has 0 bridgehead atoms. The fraction of sp³-hybridized carbons (Fsp3) is 0.0704. The molecular weight excluding hydrogens is 1130 g/mol. The number of pyridine rings is 2. The van der Waals surface area contributed by atoms with Gasteiger partial charge >= 0.3 is 29.8 Å². The van der Waals surface area contributed by atoms with E-state index in [0.717, 1.165) is 51.1 Å². The lowest BCUT2D eigenvalue weighted by atomic mass is 10.1. The van der Waals surface area contributed by atoms with Gasteiger partial charge in [-0.15, -0.1) is 0 Å². The SMILES string of the molecule is O=C(O)c1ccc(COc2ccccc2)cc1.O=C(O)c1ccc(COc2ccccn2)cc1.O=C(O)c1ccc(COc2cccnc2)cc1.O=C(O)c1ccc(Cn2ccc3ccccc32)cc1.O=C(O)c1ccc(Cn2cnc3ccccc32)cc1. The Bertz CT molecular complexity index is 3840. The zero-order valence-corrected chi connectivity index (χ0v) is 47.7. The van der Waals surface area contributed by atoms with Crippen LogP contribution in [0.5, 0.6) is 17.4 Å². The number of carbonyl (C=O) groups is 5. The first-order valence-corrected chi connectivity index (χ1v) is 27.5. The molecule has 0 amide bonds. The molecule has 0 radical (unpaired) electrons. The van der Waals surface area contributed by atoms with Crippen molar-refractivity contribution in [2.75, 3.05) is 0 Å². The minimum atomic E-state index is -0.929. The number of hydrogen-bond donors (Lipinski definition) is 5. The van der Waals surface area contributed by atoms with Crippen LogP contribution >= 0.6 is 0 Å². The third kappa shape index (κ3) is 19.7. The highest BCUT2D eigenvalue weighted by Crippen LogP contribution is 2.19. The van der Waals surface area contributed by atoms with E-state index in [0.29, 0.717) is 49.1 Å². The van der Waals surface area contributed by atoms with Crippen LogP contribution in [0.15, 0.2) is 268 Å². The zero-order valence-electron chi connectivity index (χ0n) is 47.7. The lowest BCUT2D eigenvalue weighted by molar-refractivity contribution is 0.0686. The Balaban J connectivity index is 0.000000144. The van der Waals surface area contributed by atoms with Gasteiger partial charge in [0.2, 0.25) is 5.88 Å². The van der Waals surface area contributed by atoms with Crippen LogP contribution in [-0.2, 0) is 32.9 Å². The first-order chi connectivity index (χ1) is 43.2. The van der Waals surface area contributed by atoms with Gasteiger partial charge in [0.15, 0.2) is 0 Å². The number of carboxylic acids is 5. The molecule has 0 saturated carbocycles. The summed E-state index contributed by atoms with van der Waals surface area (Å²) < 4.78 is 20.7. The molecule has 0 aliphatic carbocycles. The van der Waals surface area contributed by atoms with Crippen molar-refractivity contribution in [3.63, 3.8) is 0 Å². The summed E-state index contributed by atoms with van der Waals surface area (Å²) in [5, 5.41) is 45.2. The molecule has 0 fully saturated rings. The van der Waals surface area contributed by atoms with Gasteiger partial charge in [-0.1, -0.05) is 115 Å². The van der Waals surface area contributed by atoms with E-state index in [4.69, 9.17) is 39.7 Å². The number of imidazole rings is 1. The molecule has 12 aromatic rings. The van der Waals surface area contributed by atoms with Gasteiger partial charge in [0.25, 0.3) is 0 Å². The summed E-state index contributed by atoms with van der Waals surface area (Å²) in [4.78, 5) is 65.8. The predicted octanol–water partition coefficient (Wildman–Crippen LogP) is 13.9. The Morgan fingerprint density at radius 2 is 0.764 bits per heavy atom. The number of aromatic nitrogens is 5. The topological polar surface area (TPSA) is 263 Å². The molecule has 12 rings (SSSR count). The van der Waals surface area contributed by atoms with Crippen LogP contribution in [0, 0.1) is 0 Å². The molecule has 18 heteroatoms. The Hall–Kier alpha value is -12.2. The van der Waals surface area contributed by atoms with Gasteiger partial charge in [-0.3, -0.25) is 4.98 Å². The third-order valence-corrected chi connectivity index (χ3v) is 13.1. The standard InChI is InChI=1S/C16H13NO2.C15H12N2O2.C14H12O3.2C13H11NO3/c18-16(19)14-7-5-12(6-8-14)11-17-10-9-13-3-1-2-4-15(13)17;18-15(19)12-7-5-11(6-8-12)9-17-10-16-13-3-1-2-4-14(13)17;15-14(16)12-8-6-11(7-9-12)10-17-13-4-2-1-3-5-13;15-13(16)11-5-3-10(4-6-11)9-17-12-2-1-7-14-8-12;15-13(16)11-6-4-10(5-7-11)9-17-12-3-1-2-8-14-12/h1-10H,11H2,(H,18,19);1-8,10H,9H2,(H,18,19);1-9H,10H2,(H,15,16);2*1-8H,9H2,(H,15,16). The molecule has 4 heterocycles. The molecule has 0 aliphatic heterocycles. The second kappa shape index (κ2) is 32.2. The van der Waals surface area contributed by atoms with Crippen LogP contribution < -0.4 is 14.2 Å². The van der Waals surface area contributed by atoms with Crippen LogP contribution in [0.2, 0.25) is 0 Å². The summed E-state index contributed by atoms with van der Waals surface area (Å²) in [6.45, 7) is 2.63. The van der Waals surface area contributed by atoms with Crippen molar-refractivity contribution in [2.24, 2.45) is 0 Å². The molecule has 0 unspecified atom stereocenters. The van der Waals surface area contributed by atoms with Gasteiger partial charge in [-0.25, -0.2) is 33.9 Å². The number of rotatable bonds is 18. The first kappa shape index (κ1) is 62.9. The fourth-order valence-corrected chi connectivity index (χ4v) is 8.42. The second-order valence-electron chi connectivity index (χ2n) is 19.4. The summed E-state index contributed by atoms with van der Waals surface area (Å²) in [5.41, 5.74) is 9.58. The molecule has 89 heavy (non-hydrogen) atoms. The van der Waals surface area contributed by atoms with E-state index in [1.54, 1.807) is 134 Å². The average molecular weight is 1190 g/mol. The van der Waals surface area contributed by atoms with E-state index in [-0.39, 0.29) is 16.7 Å². The number of para-hydroxylation sites is 4. The van der Waals surface area contributed by atoms with Crippen LogP contribution in [0.3, 0.4) is 0 Å². The van der Waals surface area contributed by atoms with Gasteiger partial charge in [0.05, 0.1) is 51.4 Å². The van der Waals surface area contributed by atoms with Gasteiger partial charge in [0, 0.05) is 43.3 Å². The number of carboxylic acid groups (broad SMARTS) is 5. The minimum absolute atomic E-state index is 0.270. The largest absolute Gasteiger partial charge is 0.489 e. The van der Waals surface area contributed by atoms with Crippen LogP contribution in [0.4, 0.5) is 0 Å². The number of ether oxygens (including phenoxy) is 3. The Morgan fingerprint density at radius 1 is 0.348 bits per heavy atom. The average Bonchev–Trinajstić information content (AvgIpc) is 3.81. The summed E-state index contributed by atoms with van der Waals surface area (Å²) in [7, 11) is 0. The number of nitrogens with zero attached hydrogens (tertiary/aromatic N) is 5. The van der Waals surface area contributed by atoms with Crippen molar-refractivity contribution in [2.45, 2.75) is 32.9 Å². The number of fused-ring (bicyclic) bond motifs is 2. The Kier molecular flexibility index (Phi) is 22.7. The Morgan fingerprint density at radius 3 is 1.24 bits per heavy atom. The summed E-state index contributed by atoms with van der Waals surface area (Å²) in [6.07, 6.45) is 8.81. The van der Waals surface area contributed by atoms with E-state index in [2.05, 4.69) is 43.9 Å². The molecule has 0 spiro atoms. The Labute approximate surface area is 511 Å². The summed E-state index contributed by atoms with van der Waals surface area (Å²) in [5.74, 6) is -2.52. The molecule has 0 saturated heterocycles. The maximum absolute atomic E-state index is 10.8. The van der Waals surface area contributed by atoms with Crippen LogP contribution in [0.25, 0.3) is 21.9 Å². The molecule has 18 nitrogen and oxygen atoms in total. The van der Waals surface area contributed by atoms with Gasteiger partial charge < -0.3 is 48.9 Å². The first-order valence-electron chi connectivity index (χ1n) is 27.5. The third-order valence-electron chi connectivity index (χ3n) is 13.1. The lowest BCUT2D eigenvalue weighted by Crippen LogP contribution is -2.00. The smallest absolute Gasteiger partial charge is 0.335 e. The predicted molar refractivity (Wildman–Crippen MR) is 335 cm³/mol. The second-order valence-corrected chi connectivity index (χ2v) is 19.4. The molecule has 5 N–H and O–H groups in total. The maximum atomic E-state index is 10.8. The van der Waals surface area contributed by atoms with Crippen molar-refractivity contribution < 1.29 is 63.7 Å². The van der Waals surface area contributed by atoms with Crippen molar-refractivity contribution in [1.29, 1.82) is 0 Å². The molecular formula is C71H59N5O13. The van der Waals surface area contributed by atoms with Gasteiger partial charge in [0.1, 0.15) is 31.3 Å². The van der Waals surface area contributed by atoms with Crippen molar-refractivity contribution in [1.82, 2.24) is 24.1 Å². The van der Waals surface area contributed by atoms with Gasteiger partial charge in [-0.2, -0.15) is 0 Å². The highest BCUT2D eigenvalue weighted by Gasteiger charge is 2.09. The number of benzene rings is 8. The van der Waals surface area contributed by atoms with E-state index in [9.17, 15) is 24.0 Å².